The lowest BCUT2D eigenvalue weighted by atomic mass is 10.3. The molecule has 0 aliphatic rings. The first kappa shape index (κ1) is 9.39. The molecule has 0 aliphatic heterocycles. The fourth-order valence-electron chi connectivity index (χ4n) is 0.538. The van der Waals surface area contributed by atoms with Crippen LogP contribution in [-0.4, -0.2) is 29.3 Å². The molecule has 0 atom stereocenters. The van der Waals surface area contributed by atoms with Crippen LogP contribution in [-0.2, 0) is 4.79 Å². The molecule has 0 rings (SSSR count). The van der Waals surface area contributed by atoms with E-state index in [1.54, 1.807) is 0 Å². The van der Waals surface area contributed by atoms with Crippen molar-refractivity contribution in [1.29, 1.82) is 0 Å². The minimum absolute atomic E-state index is 0.125. The van der Waals surface area contributed by atoms with E-state index in [1.165, 1.54) is 0 Å². The molecular formula is C6H14N2O2. The maximum Gasteiger partial charge on any atom is 0.259 e. The Morgan fingerprint density at radius 1 is 1.70 bits per heavy atom. The van der Waals surface area contributed by atoms with Crippen LogP contribution in [0.25, 0.3) is 0 Å². The normalized spacial score (nSPS) is 9.50. The lowest BCUT2D eigenvalue weighted by Gasteiger charge is -2.12. The van der Waals surface area contributed by atoms with Gasteiger partial charge in [-0.25, -0.2) is 5.06 Å². The van der Waals surface area contributed by atoms with Crippen LogP contribution in [0.1, 0.15) is 19.8 Å². The van der Waals surface area contributed by atoms with Gasteiger partial charge in [-0.15, -0.1) is 0 Å². The molecule has 10 heavy (non-hydrogen) atoms. The summed E-state index contributed by atoms with van der Waals surface area (Å²) in [5.41, 5.74) is 4.99. The summed E-state index contributed by atoms with van der Waals surface area (Å²) in [7, 11) is 0. The second kappa shape index (κ2) is 5.20. The zero-order valence-electron chi connectivity index (χ0n) is 6.21. The van der Waals surface area contributed by atoms with E-state index in [1.807, 2.05) is 6.92 Å². The third-order valence-electron chi connectivity index (χ3n) is 1.19. The van der Waals surface area contributed by atoms with Crippen molar-refractivity contribution >= 4 is 5.91 Å². The van der Waals surface area contributed by atoms with Gasteiger partial charge in [-0.05, 0) is 6.42 Å². The van der Waals surface area contributed by atoms with Crippen LogP contribution in [0.3, 0.4) is 0 Å². The van der Waals surface area contributed by atoms with Crippen molar-refractivity contribution < 1.29 is 10.0 Å². The van der Waals surface area contributed by atoms with E-state index in [9.17, 15) is 4.79 Å². The van der Waals surface area contributed by atoms with E-state index in [-0.39, 0.29) is 6.54 Å². The summed E-state index contributed by atoms with van der Waals surface area (Å²) in [5, 5.41) is 9.52. The van der Waals surface area contributed by atoms with Crippen LogP contribution in [0.4, 0.5) is 0 Å². The maximum absolute atomic E-state index is 10.6. The molecule has 0 unspecified atom stereocenters. The lowest BCUT2D eigenvalue weighted by molar-refractivity contribution is -0.163. The van der Waals surface area contributed by atoms with Crippen LogP contribution < -0.4 is 5.73 Å². The standard InChI is InChI=1S/C6H14N2O2/c1-2-3-4-8(10)6(9)5-7/h10H,2-5,7H2,1H3. The molecule has 0 aromatic carbocycles. The molecule has 4 heteroatoms. The van der Waals surface area contributed by atoms with Gasteiger partial charge in [0.05, 0.1) is 6.54 Å². The van der Waals surface area contributed by atoms with Crippen molar-refractivity contribution in [2.45, 2.75) is 19.8 Å². The topological polar surface area (TPSA) is 66.6 Å². The highest BCUT2D eigenvalue weighted by atomic mass is 16.5. The SMILES string of the molecule is CCCCN(O)C(=O)CN. The number of nitrogens with two attached hydrogens (primary N) is 1. The zero-order chi connectivity index (χ0) is 7.98. The van der Waals surface area contributed by atoms with Gasteiger partial charge in [0.1, 0.15) is 0 Å². The van der Waals surface area contributed by atoms with Crippen molar-refractivity contribution in [3.05, 3.63) is 0 Å². The Bertz CT molecular complexity index is 106. The first-order valence-electron chi connectivity index (χ1n) is 3.41. The second-order valence-electron chi connectivity index (χ2n) is 2.07. The summed E-state index contributed by atoms with van der Waals surface area (Å²) < 4.78 is 0. The number of carbonyl (C=O) groups is 1. The molecule has 0 spiro atoms. The molecule has 1 amide bonds. The first-order valence-corrected chi connectivity index (χ1v) is 3.41. The Labute approximate surface area is 60.6 Å². The number of hydrogen-bond donors (Lipinski definition) is 2. The lowest BCUT2D eigenvalue weighted by Crippen LogP contribution is -2.33. The molecule has 4 nitrogen and oxygen atoms in total. The van der Waals surface area contributed by atoms with Crippen LogP contribution in [0.5, 0.6) is 0 Å². The zero-order valence-corrected chi connectivity index (χ0v) is 6.21. The Morgan fingerprint density at radius 2 is 2.30 bits per heavy atom. The molecule has 0 radical (unpaired) electrons. The molecule has 0 bridgehead atoms. The molecule has 0 aromatic heterocycles. The van der Waals surface area contributed by atoms with Gasteiger partial charge in [-0.3, -0.25) is 10.0 Å². The van der Waals surface area contributed by atoms with Gasteiger partial charge in [-0.2, -0.15) is 0 Å². The summed E-state index contributed by atoms with van der Waals surface area (Å²) in [6.45, 7) is 2.24. The van der Waals surface area contributed by atoms with Gasteiger partial charge >= 0.3 is 0 Å². The van der Waals surface area contributed by atoms with Gasteiger partial charge in [-0.1, -0.05) is 13.3 Å². The quantitative estimate of drug-likeness (QED) is 0.432. The summed E-state index contributed by atoms with van der Waals surface area (Å²) in [5.74, 6) is -0.423. The summed E-state index contributed by atoms with van der Waals surface area (Å²) in [6.07, 6.45) is 1.76. The molecule has 0 aromatic rings. The highest BCUT2D eigenvalue weighted by Crippen LogP contribution is 1.90. The van der Waals surface area contributed by atoms with E-state index in [4.69, 9.17) is 10.9 Å². The Hall–Kier alpha value is -0.610. The smallest absolute Gasteiger partial charge is 0.259 e. The molecule has 0 fully saturated rings. The van der Waals surface area contributed by atoms with Gasteiger partial charge in [0.25, 0.3) is 5.91 Å². The first-order chi connectivity index (χ1) is 4.72. The highest BCUT2D eigenvalue weighted by molar-refractivity contribution is 5.76. The van der Waals surface area contributed by atoms with Gasteiger partial charge < -0.3 is 5.73 Å². The minimum atomic E-state index is -0.423. The number of hydrogen-bond acceptors (Lipinski definition) is 3. The van der Waals surface area contributed by atoms with Gasteiger partial charge in [0, 0.05) is 6.54 Å². The van der Waals surface area contributed by atoms with E-state index >= 15 is 0 Å². The van der Waals surface area contributed by atoms with E-state index in [2.05, 4.69) is 0 Å². The van der Waals surface area contributed by atoms with E-state index < -0.39 is 5.91 Å². The van der Waals surface area contributed by atoms with Crippen molar-refractivity contribution in [3.8, 4) is 0 Å². The molecule has 3 N–H and O–H groups in total. The third kappa shape index (κ3) is 3.42. The van der Waals surface area contributed by atoms with Crippen LogP contribution in [0, 0.1) is 0 Å². The maximum atomic E-state index is 10.6. The van der Waals surface area contributed by atoms with Crippen molar-refractivity contribution in [2.24, 2.45) is 5.73 Å². The van der Waals surface area contributed by atoms with Crippen LogP contribution in [0.15, 0.2) is 0 Å². The largest absolute Gasteiger partial charge is 0.322 e. The minimum Gasteiger partial charge on any atom is -0.322 e. The molecule has 0 saturated carbocycles. The van der Waals surface area contributed by atoms with E-state index in [0.717, 1.165) is 12.8 Å². The van der Waals surface area contributed by atoms with Crippen molar-refractivity contribution in [3.63, 3.8) is 0 Å². The summed E-state index contributed by atoms with van der Waals surface area (Å²) in [6, 6.07) is 0. The summed E-state index contributed by atoms with van der Waals surface area (Å²) >= 11 is 0. The fourth-order valence-corrected chi connectivity index (χ4v) is 0.538. The highest BCUT2D eigenvalue weighted by Gasteiger charge is 2.05. The Morgan fingerprint density at radius 3 is 2.70 bits per heavy atom. The average Bonchev–Trinajstić information content (AvgIpc) is 1.98. The predicted molar refractivity (Wildman–Crippen MR) is 37.5 cm³/mol. The Balaban J connectivity index is 3.41. The third-order valence-corrected chi connectivity index (χ3v) is 1.19. The van der Waals surface area contributed by atoms with Crippen LogP contribution in [0.2, 0.25) is 0 Å². The van der Waals surface area contributed by atoms with E-state index in [0.29, 0.717) is 11.6 Å². The predicted octanol–water partition coefficient (Wildman–Crippen LogP) is -0.0370. The van der Waals surface area contributed by atoms with Gasteiger partial charge in [0.15, 0.2) is 0 Å². The molecular weight excluding hydrogens is 132 g/mol. The number of unbranched alkanes of at least 4 members (excludes halogenated alkanes) is 1. The number of rotatable bonds is 4. The monoisotopic (exact) mass is 146 g/mol. The van der Waals surface area contributed by atoms with Gasteiger partial charge in [0.2, 0.25) is 0 Å². The second-order valence-corrected chi connectivity index (χ2v) is 2.07. The van der Waals surface area contributed by atoms with Crippen LogP contribution >= 0.6 is 0 Å². The number of carbonyl (C=O) groups excluding carboxylic acids is 1. The van der Waals surface area contributed by atoms with Crippen molar-refractivity contribution in [1.82, 2.24) is 5.06 Å². The number of nitrogens with zero attached hydrogens (tertiary/aromatic N) is 1. The fraction of sp³-hybridized carbons (Fsp3) is 0.833. The molecule has 0 heterocycles. The number of hydroxylamine groups is 2. The number of amides is 1. The van der Waals surface area contributed by atoms with Crippen molar-refractivity contribution in [2.75, 3.05) is 13.1 Å². The summed E-state index contributed by atoms with van der Waals surface area (Å²) in [4.78, 5) is 10.6. The molecule has 0 aliphatic carbocycles. The Kier molecular flexibility index (Phi) is 4.88. The molecule has 0 saturated heterocycles. The average molecular weight is 146 g/mol. The molecule has 60 valence electrons.